The number of nitrogens with zero attached hydrogens (tertiary/aromatic N) is 1. The highest BCUT2D eigenvalue weighted by Crippen LogP contribution is 2.08. The fourth-order valence-corrected chi connectivity index (χ4v) is 1.80. The van der Waals surface area contributed by atoms with Crippen LogP contribution in [0, 0.1) is 0 Å². The first kappa shape index (κ1) is 11.0. The van der Waals surface area contributed by atoms with E-state index in [1.807, 2.05) is 5.01 Å². The Labute approximate surface area is 81.6 Å². The third-order valence-electron chi connectivity index (χ3n) is 2.73. The van der Waals surface area contributed by atoms with Gasteiger partial charge >= 0.3 is 0 Å². The van der Waals surface area contributed by atoms with Gasteiger partial charge in [0.2, 0.25) is 0 Å². The molecule has 1 rings (SSSR count). The van der Waals surface area contributed by atoms with Crippen molar-refractivity contribution >= 4 is 0 Å². The number of nitrogens with two attached hydrogens (primary N) is 1. The van der Waals surface area contributed by atoms with Gasteiger partial charge in [-0.05, 0) is 32.2 Å². The SMILES string of the molecule is CCCCN(N)CCC1CCCN1. The highest BCUT2D eigenvalue weighted by molar-refractivity contribution is 4.74. The molecule has 1 fully saturated rings. The Kier molecular flexibility index (Phi) is 5.35. The van der Waals surface area contributed by atoms with Crippen LogP contribution in [0.5, 0.6) is 0 Å². The van der Waals surface area contributed by atoms with Crippen LogP contribution in [0.25, 0.3) is 0 Å². The van der Waals surface area contributed by atoms with Crippen LogP contribution in [0.15, 0.2) is 0 Å². The van der Waals surface area contributed by atoms with E-state index in [0.29, 0.717) is 0 Å². The third kappa shape index (κ3) is 4.60. The van der Waals surface area contributed by atoms with E-state index in [2.05, 4.69) is 12.2 Å². The first-order chi connectivity index (χ1) is 6.33. The van der Waals surface area contributed by atoms with Crippen molar-refractivity contribution in [2.75, 3.05) is 19.6 Å². The van der Waals surface area contributed by atoms with Crippen molar-refractivity contribution in [3.8, 4) is 0 Å². The van der Waals surface area contributed by atoms with Gasteiger partial charge in [0.25, 0.3) is 0 Å². The molecule has 0 aromatic heterocycles. The van der Waals surface area contributed by atoms with Gasteiger partial charge in [0, 0.05) is 19.1 Å². The molecule has 0 spiro atoms. The average Bonchev–Trinajstić information content (AvgIpc) is 2.64. The number of unbranched alkanes of at least 4 members (excludes halogenated alkanes) is 1. The normalized spacial score (nSPS) is 22.8. The zero-order valence-corrected chi connectivity index (χ0v) is 8.76. The van der Waals surface area contributed by atoms with Crippen molar-refractivity contribution in [2.45, 2.75) is 45.1 Å². The standard InChI is InChI=1S/C10H23N3/c1-2-3-8-13(11)9-6-10-5-4-7-12-10/h10,12H,2-9,11H2,1H3. The van der Waals surface area contributed by atoms with Gasteiger partial charge in [-0.2, -0.15) is 0 Å². The van der Waals surface area contributed by atoms with Crippen LogP contribution < -0.4 is 11.2 Å². The van der Waals surface area contributed by atoms with E-state index in [1.165, 1.54) is 38.6 Å². The van der Waals surface area contributed by atoms with Gasteiger partial charge in [0.15, 0.2) is 0 Å². The smallest absolute Gasteiger partial charge is 0.0143 e. The number of rotatable bonds is 6. The molecule has 0 radical (unpaired) electrons. The minimum atomic E-state index is 0.729. The summed E-state index contributed by atoms with van der Waals surface area (Å²) in [6.07, 6.45) is 6.33. The Hall–Kier alpha value is -0.120. The second-order valence-corrected chi connectivity index (χ2v) is 3.97. The summed E-state index contributed by atoms with van der Waals surface area (Å²) in [6.45, 7) is 5.48. The molecule has 1 saturated heterocycles. The molecule has 1 aliphatic rings. The number of hydrogen-bond donors (Lipinski definition) is 2. The Morgan fingerprint density at radius 3 is 2.92 bits per heavy atom. The molecule has 0 saturated carbocycles. The van der Waals surface area contributed by atoms with Crippen molar-refractivity contribution < 1.29 is 0 Å². The number of nitrogens with one attached hydrogen (secondary N) is 1. The van der Waals surface area contributed by atoms with Crippen molar-refractivity contribution in [3.63, 3.8) is 0 Å². The topological polar surface area (TPSA) is 41.3 Å². The maximum Gasteiger partial charge on any atom is 0.0143 e. The first-order valence-corrected chi connectivity index (χ1v) is 5.56. The van der Waals surface area contributed by atoms with E-state index >= 15 is 0 Å². The zero-order chi connectivity index (χ0) is 9.52. The summed E-state index contributed by atoms with van der Waals surface area (Å²) >= 11 is 0. The molecule has 0 aliphatic carbocycles. The molecule has 0 bridgehead atoms. The molecule has 0 amide bonds. The summed E-state index contributed by atoms with van der Waals surface area (Å²) < 4.78 is 0. The van der Waals surface area contributed by atoms with Crippen molar-refractivity contribution in [1.29, 1.82) is 0 Å². The second-order valence-electron chi connectivity index (χ2n) is 3.97. The van der Waals surface area contributed by atoms with Gasteiger partial charge < -0.3 is 5.32 Å². The van der Waals surface area contributed by atoms with Gasteiger partial charge in [0.1, 0.15) is 0 Å². The van der Waals surface area contributed by atoms with Gasteiger partial charge in [-0.15, -0.1) is 0 Å². The summed E-state index contributed by atoms with van der Waals surface area (Å²) in [5.41, 5.74) is 0. The molecule has 1 unspecified atom stereocenters. The minimum absolute atomic E-state index is 0.729. The Morgan fingerprint density at radius 2 is 2.31 bits per heavy atom. The van der Waals surface area contributed by atoms with Gasteiger partial charge in [-0.3, -0.25) is 5.84 Å². The lowest BCUT2D eigenvalue weighted by atomic mass is 10.1. The molecule has 1 aliphatic heterocycles. The monoisotopic (exact) mass is 185 g/mol. The minimum Gasteiger partial charge on any atom is -0.314 e. The molecule has 1 heterocycles. The van der Waals surface area contributed by atoms with Crippen molar-refractivity contribution in [3.05, 3.63) is 0 Å². The van der Waals surface area contributed by atoms with Crippen LogP contribution in [0.1, 0.15) is 39.0 Å². The third-order valence-corrected chi connectivity index (χ3v) is 2.73. The van der Waals surface area contributed by atoms with E-state index in [4.69, 9.17) is 5.84 Å². The number of hydrogen-bond acceptors (Lipinski definition) is 3. The molecule has 3 nitrogen and oxygen atoms in total. The lowest BCUT2D eigenvalue weighted by Crippen LogP contribution is -2.36. The van der Waals surface area contributed by atoms with Crippen LogP contribution >= 0.6 is 0 Å². The second kappa shape index (κ2) is 6.35. The Morgan fingerprint density at radius 1 is 1.46 bits per heavy atom. The first-order valence-electron chi connectivity index (χ1n) is 5.56. The summed E-state index contributed by atoms with van der Waals surface area (Å²) in [7, 11) is 0. The predicted octanol–water partition coefficient (Wildman–Crippen LogP) is 1.10. The predicted molar refractivity (Wildman–Crippen MR) is 56.3 cm³/mol. The summed E-state index contributed by atoms with van der Waals surface area (Å²) in [5.74, 6) is 5.84. The molecular formula is C10H23N3. The Bertz CT molecular complexity index is 121. The fraction of sp³-hybridized carbons (Fsp3) is 1.00. The quantitative estimate of drug-likeness (QED) is 0.481. The largest absolute Gasteiger partial charge is 0.314 e. The zero-order valence-electron chi connectivity index (χ0n) is 8.76. The van der Waals surface area contributed by atoms with Crippen LogP contribution in [0.4, 0.5) is 0 Å². The van der Waals surface area contributed by atoms with Crippen LogP contribution in [0.3, 0.4) is 0 Å². The van der Waals surface area contributed by atoms with Crippen LogP contribution in [-0.4, -0.2) is 30.7 Å². The van der Waals surface area contributed by atoms with E-state index in [0.717, 1.165) is 19.1 Å². The molecule has 0 aromatic carbocycles. The van der Waals surface area contributed by atoms with Gasteiger partial charge in [0.05, 0.1) is 0 Å². The van der Waals surface area contributed by atoms with Crippen molar-refractivity contribution in [2.24, 2.45) is 5.84 Å². The molecule has 13 heavy (non-hydrogen) atoms. The van der Waals surface area contributed by atoms with Gasteiger partial charge in [-0.1, -0.05) is 13.3 Å². The maximum atomic E-state index is 5.84. The lowest BCUT2D eigenvalue weighted by molar-refractivity contribution is 0.263. The summed E-state index contributed by atoms with van der Waals surface area (Å²) in [6, 6.07) is 0.729. The van der Waals surface area contributed by atoms with E-state index in [9.17, 15) is 0 Å². The van der Waals surface area contributed by atoms with E-state index < -0.39 is 0 Å². The fourth-order valence-electron chi connectivity index (χ4n) is 1.80. The molecule has 78 valence electrons. The average molecular weight is 185 g/mol. The van der Waals surface area contributed by atoms with Crippen LogP contribution in [0.2, 0.25) is 0 Å². The van der Waals surface area contributed by atoms with E-state index in [1.54, 1.807) is 0 Å². The maximum absolute atomic E-state index is 5.84. The molecular weight excluding hydrogens is 162 g/mol. The number of hydrazine groups is 1. The lowest BCUT2D eigenvalue weighted by Gasteiger charge is -2.18. The van der Waals surface area contributed by atoms with E-state index in [-0.39, 0.29) is 0 Å². The van der Waals surface area contributed by atoms with Crippen LogP contribution in [-0.2, 0) is 0 Å². The van der Waals surface area contributed by atoms with Crippen molar-refractivity contribution in [1.82, 2.24) is 10.3 Å². The molecule has 3 N–H and O–H groups in total. The highest BCUT2D eigenvalue weighted by atomic mass is 15.4. The molecule has 3 heteroatoms. The highest BCUT2D eigenvalue weighted by Gasteiger charge is 2.13. The summed E-state index contributed by atoms with van der Waals surface area (Å²) in [5, 5.41) is 5.45. The summed E-state index contributed by atoms with van der Waals surface area (Å²) in [4.78, 5) is 0. The molecule has 1 atom stereocenters. The van der Waals surface area contributed by atoms with Gasteiger partial charge in [-0.25, -0.2) is 5.01 Å². The molecule has 0 aromatic rings. The Balaban J connectivity index is 1.97.